The highest BCUT2D eigenvalue weighted by molar-refractivity contribution is 5.95. The van der Waals surface area contributed by atoms with Crippen molar-refractivity contribution in [3.05, 3.63) is 59.0 Å². The molecule has 1 heterocycles. The molecule has 0 saturated heterocycles. The number of hydrogen-bond donors (Lipinski definition) is 1. The van der Waals surface area contributed by atoms with Crippen molar-refractivity contribution in [1.82, 2.24) is 4.98 Å². The Morgan fingerprint density at radius 1 is 1.19 bits per heavy atom. The van der Waals surface area contributed by atoms with E-state index in [1.54, 1.807) is 0 Å². The quantitative estimate of drug-likeness (QED) is 0.489. The zero-order valence-corrected chi connectivity index (χ0v) is 16.8. The van der Waals surface area contributed by atoms with Crippen molar-refractivity contribution in [1.29, 1.82) is 0 Å². The van der Waals surface area contributed by atoms with Gasteiger partial charge in [0.2, 0.25) is 5.91 Å². The van der Waals surface area contributed by atoms with E-state index < -0.39 is 35.4 Å². The fourth-order valence-electron chi connectivity index (χ4n) is 3.87. The van der Waals surface area contributed by atoms with Crippen LogP contribution in [0, 0.1) is 11.7 Å². The van der Waals surface area contributed by atoms with Gasteiger partial charge in [0.05, 0.1) is 24.2 Å². The summed E-state index contributed by atoms with van der Waals surface area (Å²) in [7, 11) is 1.23. The van der Waals surface area contributed by atoms with Gasteiger partial charge in [0, 0.05) is 6.20 Å². The number of aromatic nitrogens is 1. The first-order valence-electron chi connectivity index (χ1n) is 9.91. The number of anilines is 1. The minimum absolute atomic E-state index is 0.101. The fraction of sp³-hybridized carbons (Fsp3) is 0.409. The Balaban J connectivity index is 1.86. The molecule has 1 aromatic heterocycles. The largest absolute Gasteiger partial charge is 0.465 e. The zero-order chi connectivity index (χ0) is 22.6. The average Bonchev–Trinajstić information content (AvgIpc) is 3.25. The lowest BCUT2D eigenvalue weighted by Crippen LogP contribution is -2.24. The molecule has 166 valence electrons. The third kappa shape index (κ3) is 5.59. The second-order valence-corrected chi connectivity index (χ2v) is 7.59. The monoisotopic (exact) mass is 438 g/mol. The van der Waals surface area contributed by atoms with E-state index in [1.165, 1.54) is 31.5 Å². The van der Waals surface area contributed by atoms with E-state index >= 15 is 0 Å². The van der Waals surface area contributed by atoms with E-state index in [2.05, 4.69) is 15.0 Å². The Labute approximate surface area is 176 Å². The van der Waals surface area contributed by atoms with Crippen molar-refractivity contribution in [3.8, 4) is 0 Å². The standard InChI is InChI=1S/C22H22F4N2O3/c1-31-21(30)15-7-9-19(27-12-15)28-20(29)16(10-13-4-2-3-5-13)14-6-8-18(23)17(11-14)22(24,25)26/h6-9,11-13,16H,2-5,10H2,1H3,(H,27,28,29). The van der Waals surface area contributed by atoms with Crippen LogP contribution in [0.3, 0.4) is 0 Å². The summed E-state index contributed by atoms with van der Waals surface area (Å²) in [6, 6.07) is 5.50. The van der Waals surface area contributed by atoms with E-state index in [-0.39, 0.29) is 22.9 Å². The molecule has 1 unspecified atom stereocenters. The number of benzene rings is 1. The normalized spacial score (nSPS) is 15.5. The molecule has 1 aliphatic rings. The van der Waals surface area contributed by atoms with E-state index in [9.17, 15) is 27.2 Å². The maximum absolute atomic E-state index is 13.7. The van der Waals surface area contributed by atoms with Crippen LogP contribution in [-0.4, -0.2) is 24.0 Å². The Bertz CT molecular complexity index is 939. The molecular formula is C22H22F4N2O3. The van der Waals surface area contributed by atoms with Gasteiger partial charge in [-0.2, -0.15) is 13.2 Å². The molecule has 31 heavy (non-hydrogen) atoms. The van der Waals surface area contributed by atoms with Gasteiger partial charge in [0.25, 0.3) is 0 Å². The highest BCUT2D eigenvalue weighted by atomic mass is 19.4. The summed E-state index contributed by atoms with van der Waals surface area (Å²) in [6.07, 6.45) is 0.522. The highest BCUT2D eigenvalue weighted by Crippen LogP contribution is 2.38. The molecular weight excluding hydrogens is 416 g/mol. The number of hydrogen-bond acceptors (Lipinski definition) is 4. The van der Waals surface area contributed by atoms with Crippen LogP contribution >= 0.6 is 0 Å². The third-order valence-electron chi connectivity index (χ3n) is 5.49. The van der Waals surface area contributed by atoms with Crippen LogP contribution in [0.4, 0.5) is 23.4 Å². The van der Waals surface area contributed by atoms with Gasteiger partial charge in [-0.15, -0.1) is 0 Å². The van der Waals surface area contributed by atoms with E-state index in [0.717, 1.165) is 31.7 Å². The van der Waals surface area contributed by atoms with Crippen molar-refractivity contribution in [2.24, 2.45) is 5.92 Å². The lowest BCUT2D eigenvalue weighted by molar-refractivity contribution is -0.140. The summed E-state index contributed by atoms with van der Waals surface area (Å²) in [6.45, 7) is 0. The topological polar surface area (TPSA) is 68.3 Å². The Morgan fingerprint density at radius 2 is 1.90 bits per heavy atom. The SMILES string of the molecule is COC(=O)c1ccc(NC(=O)C(CC2CCCC2)c2ccc(F)c(C(F)(F)F)c2)nc1. The second-order valence-electron chi connectivity index (χ2n) is 7.59. The molecule has 3 rings (SSSR count). The molecule has 1 amide bonds. The lowest BCUT2D eigenvalue weighted by atomic mass is 9.86. The minimum Gasteiger partial charge on any atom is -0.465 e. The van der Waals surface area contributed by atoms with Crippen molar-refractivity contribution >= 4 is 17.7 Å². The van der Waals surface area contributed by atoms with Crippen LogP contribution in [0.2, 0.25) is 0 Å². The first-order valence-corrected chi connectivity index (χ1v) is 9.91. The van der Waals surface area contributed by atoms with E-state index in [0.29, 0.717) is 12.5 Å². The molecule has 1 atom stereocenters. The van der Waals surface area contributed by atoms with Gasteiger partial charge in [-0.25, -0.2) is 14.2 Å². The van der Waals surface area contributed by atoms with Crippen molar-refractivity contribution in [2.75, 3.05) is 12.4 Å². The Kier molecular flexibility index (Phi) is 6.92. The summed E-state index contributed by atoms with van der Waals surface area (Å²) in [4.78, 5) is 28.5. The molecule has 1 N–H and O–H groups in total. The summed E-state index contributed by atoms with van der Waals surface area (Å²) in [5.41, 5.74) is -1.10. The van der Waals surface area contributed by atoms with E-state index in [4.69, 9.17) is 0 Å². The molecule has 0 bridgehead atoms. The minimum atomic E-state index is -4.86. The number of carbonyl (C=O) groups is 2. The molecule has 0 radical (unpaired) electrons. The smallest absolute Gasteiger partial charge is 0.419 e. The van der Waals surface area contributed by atoms with Crippen LogP contribution in [-0.2, 0) is 15.7 Å². The molecule has 5 nitrogen and oxygen atoms in total. The van der Waals surface area contributed by atoms with Crippen molar-refractivity contribution in [2.45, 2.75) is 44.2 Å². The van der Waals surface area contributed by atoms with Crippen LogP contribution in [0.15, 0.2) is 36.5 Å². The number of methoxy groups -OCH3 is 1. The third-order valence-corrected chi connectivity index (χ3v) is 5.49. The van der Waals surface area contributed by atoms with Crippen LogP contribution < -0.4 is 5.32 Å². The van der Waals surface area contributed by atoms with Crippen LogP contribution in [0.5, 0.6) is 0 Å². The molecule has 1 fully saturated rings. The molecule has 0 aliphatic heterocycles. The van der Waals surface area contributed by atoms with Gasteiger partial charge in [-0.1, -0.05) is 31.7 Å². The molecule has 1 aliphatic carbocycles. The Morgan fingerprint density at radius 3 is 2.48 bits per heavy atom. The van der Waals surface area contributed by atoms with Crippen LogP contribution in [0.25, 0.3) is 0 Å². The van der Waals surface area contributed by atoms with E-state index in [1.807, 2.05) is 0 Å². The van der Waals surface area contributed by atoms with Gasteiger partial charge < -0.3 is 10.1 Å². The lowest BCUT2D eigenvalue weighted by Gasteiger charge is -2.21. The number of alkyl halides is 3. The number of nitrogens with zero attached hydrogens (tertiary/aromatic N) is 1. The van der Waals surface area contributed by atoms with Gasteiger partial charge in [0.15, 0.2) is 0 Å². The summed E-state index contributed by atoms with van der Waals surface area (Å²) >= 11 is 0. The predicted octanol–water partition coefficient (Wildman–Crippen LogP) is 5.33. The number of nitrogens with one attached hydrogen (secondary N) is 1. The molecule has 0 spiro atoms. The van der Waals surface area contributed by atoms with Crippen LogP contribution in [0.1, 0.15) is 59.5 Å². The number of ether oxygens (including phenoxy) is 1. The summed E-state index contributed by atoms with van der Waals surface area (Å²) < 4.78 is 57.9. The first kappa shape index (κ1) is 22.7. The number of carbonyl (C=O) groups excluding carboxylic acids is 2. The molecule has 1 saturated carbocycles. The maximum Gasteiger partial charge on any atom is 0.419 e. The highest BCUT2D eigenvalue weighted by Gasteiger charge is 2.36. The Hall–Kier alpha value is -2.97. The maximum atomic E-state index is 13.7. The van der Waals surface area contributed by atoms with Crippen molar-refractivity contribution < 1.29 is 31.9 Å². The molecule has 2 aromatic rings. The zero-order valence-electron chi connectivity index (χ0n) is 16.8. The molecule has 9 heteroatoms. The second kappa shape index (κ2) is 9.45. The van der Waals surface area contributed by atoms with Gasteiger partial charge >= 0.3 is 12.1 Å². The summed E-state index contributed by atoms with van der Waals surface area (Å²) in [5, 5.41) is 2.59. The number of halogens is 4. The fourth-order valence-corrected chi connectivity index (χ4v) is 3.87. The number of rotatable bonds is 6. The van der Waals surface area contributed by atoms with Gasteiger partial charge in [0.1, 0.15) is 11.6 Å². The number of pyridine rings is 1. The summed E-state index contributed by atoms with van der Waals surface area (Å²) in [5.74, 6) is -3.05. The number of esters is 1. The predicted molar refractivity (Wildman–Crippen MR) is 105 cm³/mol. The first-order chi connectivity index (χ1) is 14.7. The number of amides is 1. The van der Waals surface area contributed by atoms with Gasteiger partial charge in [-0.05, 0) is 42.2 Å². The average molecular weight is 438 g/mol. The van der Waals surface area contributed by atoms with Gasteiger partial charge in [-0.3, -0.25) is 4.79 Å². The molecule has 1 aromatic carbocycles. The van der Waals surface area contributed by atoms with Crippen molar-refractivity contribution in [3.63, 3.8) is 0 Å².